The molecule has 63 valence electrons. The molecule has 1 atom stereocenters. The van der Waals surface area contributed by atoms with Crippen molar-refractivity contribution in [3.8, 4) is 0 Å². The minimum Gasteiger partial charge on any atom is -0.466 e. The second-order valence-electron chi connectivity index (χ2n) is 2.36. The van der Waals surface area contributed by atoms with Crippen LogP contribution in [0.1, 0.15) is 26.7 Å². The van der Waals surface area contributed by atoms with Crippen LogP contribution < -0.4 is 0 Å². The van der Waals surface area contributed by atoms with Crippen molar-refractivity contribution in [3.05, 3.63) is 0 Å². The standard InChI is InChI=1S/C8H13O3/c1-3-11-8(10)5-4-7(2)6-9/h7H,3-5H2,1-2H3. The van der Waals surface area contributed by atoms with E-state index in [2.05, 4.69) is 4.74 Å². The lowest BCUT2D eigenvalue weighted by Crippen LogP contribution is -2.06. The SMILES string of the molecule is CCOC(=O)CCC(C)[C]=O. The van der Waals surface area contributed by atoms with Crippen LogP contribution >= 0.6 is 0 Å². The van der Waals surface area contributed by atoms with Gasteiger partial charge in [-0.3, -0.25) is 9.59 Å². The molecule has 0 aliphatic heterocycles. The molecular weight excluding hydrogens is 144 g/mol. The van der Waals surface area contributed by atoms with Crippen LogP contribution in [0.25, 0.3) is 0 Å². The molecule has 3 heteroatoms. The summed E-state index contributed by atoms with van der Waals surface area (Å²) in [6, 6.07) is 0. The molecule has 0 aliphatic rings. The minimum atomic E-state index is -0.241. The predicted molar refractivity (Wildman–Crippen MR) is 40.7 cm³/mol. The number of carbonyl (C=O) groups excluding carboxylic acids is 2. The summed E-state index contributed by atoms with van der Waals surface area (Å²) in [5.74, 6) is -0.408. The zero-order chi connectivity index (χ0) is 8.69. The van der Waals surface area contributed by atoms with Crippen LogP contribution in [0.4, 0.5) is 0 Å². The fraction of sp³-hybridized carbons (Fsp3) is 0.750. The summed E-state index contributed by atoms with van der Waals surface area (Å²) in [5.41, 5.74) is 0. The molecule has 0 aromatic carbocycles. The highest BCUT2D eigenvalue weighted by molar-refractivity contribution is 5.69. The molecule has 0 saturated carbocycles. The van der Waals surface area contributed by atoms with E-state index in [0.29, 0.717) is 19.4 Å². The maximum atomic E-state index is 10.7. The zero-order valence-corrected chi connectivity index (χ0v) is 6.92. The molecule has 0 heterocycles. The third kappa shape index (κ3) is 5.58. The molecule has 0 amide bonds. The highest BCUT2D eigenvalue weighted by Gasteiger charge is 2.05. The van der Waals surface area contributed by atoms with Crippen LogP contribution in [-0.2, 0) is 14.3 Å². The van der Waals surface area contributed by atoms with Crippen LogP contribution in [0.3, 0.4) is 0 Å². The second kappa shape index (κ2) is 5.89. The zero-order valence-electron chi connectivity index (χ0n) is 6.92. The Labute approximate surface area is 66.7 Å². The van der Waals surface area contributed by atoms with Crippen LogP contribution in [0.15, 0.2) is 0 Å². The summed E-state index contributed by atoms with van der Waals surface area (Å²) in [4.78, 5) is 20.7. The highest BCUT2D eigenvalue weighted by Crippen LogP contribution is 2.02. The Morgan fingerprint density at radius 3 is 2.73 bits per heavy atom. The van der Waals surface area contributed by atoms with Crippen LogP contribution in [0.2, 0.25) is 0 Å². The van der Waals surface area contributed by atoms with Gasteiger partial charge >= 0.3 is 5.97 Å². The number of hydrogen-bond donors (Lipinski definition) is 0. The van der Waals surface area contributed by atoms with Crippen molar-refractivity contribution in [1.82, 2.24) is 0 Å². The van der Waals surface area contributed by atoms with Gasteiger partial charge < -0.3 is 4.74 Å². The lowest BCUT2D eigenvalue weighted by atomic mass is 10.1. The van der Waals surface area contributed by atoms with Gasteiger partial charge in [0.05, 0.1) is 6.61 Å². The summed E-state index contributed by atoms with van der Waals surface area (Å²) in [5, 5.41) is 0. The van der Waals surface area contributed by atoms with Gasteiger partial charge in [0.25, 0.3) is 0 Å². The first-order valence-electron chi connectivity index (χ1n) is 3.74. The van der Waals surface area contributed by atoms with E-state index in [1.54, 1.807) is 20.1 Å². The van der Waals surface area contributed by atoms with Gasteiger partial charge in [0.15, 0.2) is 0 Å². The van der Waals surface area contributed by atoms with Gasteiger partial charge in [0.2, 0.25) is 6.29 Å². The van der Waals surface area contributed by atoms with Crippen molar-refractivity contribution in [3.63, 3.8) is 0 Å². The molecular formula is C8H13O3. The van der Waals surface area contributed by atoms with Gasteiger partial charge in [-0.15, -0.1) is 0 Å². The van der Waals surface area contributed by atoms with E-state index < -0.39 is 0 Å². The van der Waals surface area contributed by atoms with E-state index >= 15 is 0 Å². The third-order valence-corrected chi connectivity index (χ3v) is 1.29. The molecule has 0 rings (SSSR count). The predicted octanol–water partition coefficient (Wildman–Crippen LogP) is 1.08. The van der Waals surface area contributed by atoms with Gasteiger partial charge in [-0.25, -0.2) is 0 Å². The van der Waals surface area contributed by atoms with Gasteiger partial charge in [-0.1, -0.05) is 6.92 Å². The van der Waals surface area contributed by atoms with Crippen molar-refractivity contribution in [2.24, 2.45) is 5.92 Å². The summed E-state index contributed by atoms with van der Waals surface area (Å²) < 4.78 is 4.67. The van der Waals surface area contributed by atoms with Gasteiger partial charge in [0, 0.05) is 12.3 Å². The molecule has 1 unspecified atom stereocenters. The van der Waals surface area contributed by atoms with Crippen molar-refractivity contribution >= 4 is 12.3 Å². The molecule has 0 fully saturated rings. The van der Waals surface area contributed by atoms with Crippen molar-refractivity contribution < 1.29 is 14.3 Å². The Bertz CT molecular complexity index is 131. The van der Waals surface area contributed by atoms with Crippen molar-refractivity contribution in [1.29, 1.82) is 0 Å². The summed E-state index contributed by atoms with van der Waals surface area (Å²) >= 11 is 0. The number of rotatable bonds is 5. The number of esters is 1. The van der Waals surface area contributed by atoms with Crippen LogP contribution in [0.5, 0.6) is 0 Å². The maximum absolute atomic E-state index is 10.7. The second-order valence-corrected chi connectivity index (χ2v) is 2.36. The monoisotopic (exact) mass is 157 g/mol. The number of hydrogen-bond acceptors (Lipinski definition) is 3. The Morgan fingerprint density at radius 2 is 2.27 bits per heavy atom. The molecule has 0 N–H and O–H groups in total. The first kappa shape index (κ1) is 10.1. The van der Waals surface area contributed by atoms with Crippen molar-refractivity contribution in [2.45, 2.75) is 26.7 Å². The molecule has 0 bridgehead atoms. The quantitative estimate of drug-likeness (QED) is 0.561. The van der Waals surface area contributed by atoms with E-state index in [1.807, 2.05) is 0 Å². The van der Waals surface area contributed by atoms with E-state index in [1.165, 1.54) is 0 Å². The molecule has 0 aromatic heterocycles. The molecule has 3 nitrogen and oxygen atoms in total. The number of carbonyl (C=O) groups is 1. The van der Waals surface area contributed by atoms with E-state index in [4.69, 9.17) is 0 Å². The van der Waals surface area contributed by atoms with Crippen LogP contribution in [-0.4, -0.2) is 18.9 Å². The fourth-order valence-corrected chi connectivity index (χ4v) is 0.626. The maximum Gasteiger partial charge on any atom is 0.305 e. The Kier molecular flexibility index (Phi) is 5.43. The average molecular weight is 157 g/mol. The van der Waals surface area contributed by atoms with E-state index in [0.717, 1.165) is 0 Å². The summed E-state index contributed by atoms with van der Waals surface area (Å²) in [7, 11) is 0. The average Bonchev–Trinajstić information content (AvgIpc) is 2.01. The largest absolute Gasteiger partial charge is 0.466 e. The summed E-state index contributed by atoms with van der Waals surface area (Å²) in [6.45, 7) is 3.89. The molecule has 0 aliphatic carbocycles. The lowest BCUT2D eigenvalue weighted by Gasteiger charge is -2.01. The Balaban J connectivity index is 3.37. The topological polar surface area (TPSA) is 43.4 Å². The molecule has 1 radical (unpaired) electrons. The third-order valence-electron chi connectivity index (χ3n) is 1.29. The van der Waals surface area contributed by atoms with Crippen LogP contribution in [0, 0.1) is 5.92 Å². The Morgan fingerprint density at radius 1 is 1.64 bits per heavy atom. The number of ether oxygens (including phenoxy) is 1. The molecule has 0 aromatic rings. The fourth-order valence-electron chi connectivity index (χ4n) is 0.626. The lowest BCUT2D eigenvalue weighted by molar-refractivity contribution is -0.143. The Hall–Kier alpha value is -0.860. The molecule has 11 heavy (non-hydrogen) atoms. The summed E-state index contributed by atoms with van der Waals surface area (Å²) in [6.07, 6.45) is 2.64. The van der Waals surface area contributed by atoms with Gasteiger partial charge in [-0.05, 0) is 13.3 Å². The normalized spacial score (nSPS) is 12.2. The van der Waals surface area contributed by atoms with Gasteiger partial charge in [-0.2, -0.15) is 0 Å². The molecule has 0 saturated heterocycles. The van der Waals surface area contributed by atoms with Gasteiger partial charge in [0.1, 0.15) is 0 Å². The first-order valence-corrected chi connectivity index (χ1v) is 3.74. The highest BCUT2D eigenvalue weighted by atomic mass is 16.5. The smallest absolute Gasteiger partial charge is 0.305 e. The molecule has 0 spiro atoms. The first-order chi connectivity index (χ1) is 5.20. The van der Waals surface area contributed by atoms with E-state index in [-0.39, 0.29) is 11.9 Å². The van der Waals surface area contributed by atoms with E-state index in [9.17, 15) is 9.59 Å². The van der Waals surface area contributed by atoms with Crippen molar-refractivity contribution in [2.75, 3.05) is 6.61 Å². The minimum absolute atomic E-state index is 0.167.